The number of amides is 3. The molecule has 4 heterocycles. The summed E-state index contributed by atoms with van der Waals surface area (Å²) in [5.41, 5.74) is 6.58. The van der Waals surface area contributed by atoms with Crippen molar-refractivity contribution >= 4 is 34.4 Å². The van der Waals surface area contributed by atoms with Gasteiger partial charge in [0.1, 0.15) is 17.9 Å². The number of likely N-dealkylation sites (tertiary alicyclic amines) is 2. The number of nitrogens with zero attached hydrogens (tertiary/aromatic N) is 4. The van der Waals surface area contributed by atoms with Crippen LogP contribution in [0.5, 0.6) is 0 Å². The van der Waals surface area contributed by atoms with E-state index in [9.17, 15) is 14.4 Å². The minimum absolute atomic E-state index is 0.0959. The van der Waals surface area contributed by atoms with E-state index < -0.39 is 12.1 Å². The van der Waals surface area contributed by atoms with Gasteiger partial charge in [0.05, 0.1) is 29.7 Å². The highest BCUT2D eigenvalue weighted by Crippen LogP contribution is 2.35. The monoisotopic (exact) mass is 721 g/mol. The maximum absolute atomic E-state index is 13.7. The fourth-order valence-corrected chi connectivity index (χ4v) is 7.86. The third-order valence-electron chi connectivity index (χ3n) is 10.7. The maximum Gasteiger partial charge on any atom is 0.247 e. The fraction of sp³-hybridized carbons (Fsp3) is 0.279. The fourth-order valence-electron chi connectivity index (χ4n) is 7.86. The van der Waals surface area contributed by atoms with Crippen LogP contribution >= 0.6 is 0 Å². The Hall–Kier alpha value is -6.07. The third-order valence-corrected chi connectivity index (χ3v) is 10.7. The molecule has 274 valence electrons. The summed E-state index contributed by atoms with van der Waals surface area (Å²) >= 11 is 0. The van der Waals surface area contributed by atoms with E-state index in [1.165, 1.54) is 0 Å². The van der Waals surface area contributed by atoms with Crippen LogP contribution in [0.1, 0.15) is 60.3 Å². The van der Waals surface area contributed by atoms with Gasteiger partial charge in [0.25, 0.3) is 0 Å². The van der Waals surface area contributed by atoms with E-state index in [1.54, 1.807) is 18.1 Å². The number of hydrogen-bond donors (Lipinski definition) is 3. The molecule has 2 fully saturated rings. The van der Waals surface area contributed by atoms with Gasteiger partial charge in [-0.1, -0.05) is 66.7 Å². The van der Waals surface area contributed by atoms with Crippen molar-refractivity contribution in [2.45, 2.75) is 57.2 Å². The first-order valence-electron chi connectivity index (χ1n) is 18.6. The number of aromatic amines is 1. The first-order chi connectivity index (χ1) is 26.4. The molecule has 3 atom stereocenters. The van der Waals surface area contributed by atoms with Crippen LogP contribution in [0.25, 0.3) is 33.8 Å². The number of likely N-dealkylation sites (N-methyl/N-ethyl adjacent to an activating group) is 1. The molecule has 3 N–H and O–H groups in total. The molecule has 0 saturated carbocycles. The van der Waals surface area contributed by atoms with Gasteiger partial charge in [-0.3, -0.25) is 14.4 Å². The highest BCUT2D eigenvalue weighted by atomic mass is 16.4. The average Bonchev–Trinajstić information content (AvgIpc) is 4.03. The molecule has 2 aliphatic rings. The van der Waals surface area contributed by atoms with Crippen LogP contribution in [0, 0.1) is 6.92 Å². The molecule has 2 aromatic heterocycles. The molecule has 2 aliphatic heterocycles. The normalized spacial score (nSPS) is 17.6. The van der Waals surface area contributed by atoms with Crippen LogP contribution in [0.3, 0.4) is 0 Å². The molecule has 0 radical (unpaired) electrons. The summed E-state index contributed by atoms with van der Waals surface area (Å²) in [6.45, 7) is 3.17. The lowest BCUT2D eigenvalue weighted by Gasteiger charge is -2.28. The van der Waals surface area contributed by atoms with Gasteiger partial charge in [-0.25, -0.2) is 9.97 Å². The molecule has 0 unspecified atom stereocenters. The minimum atomic E-state index is -0.571. The largest absolute Gasteiger partial charge is 0.436 e. The van der Waals surface area contributed by atoms with Crippen LogP contribution in [0.15, 0.2) is 108 Å². The van der Waals surface area contributed by atoms with Gasteiger partial charge >= 0.3 is 0 Å². The Morgan fingerprint density at radius 3 is 2.46 bits per heavy atom. The van der Waals surface area contributed by atoms with Gasteiger partial charge in [-0.05, 0) is 86.7 Å². The third kappa shape index (κ3) is 6.90. The van der Waals surface area contributed by atoms with E-state index >= 15 is 0 Å². The van der Waals surface area contributed by atoms with Crippen LogP contribution in [-0.4, -0.2) is 68.7 Å². The number of carbonyl (C=O) groups is 3. The van der Waals surface area contributed by atoms with Gasteiger partial charge in [0.2, 0.25) is 23.6 Å². The van der Waals surface area contributed by atoms with Crippen LogP contribution in [-0.2, 0) is 20.8 Å². The van der Waals surface area contributed by atoms with E-state index in [1.807, 2.05) is 109 Å². The number of imidazole rings is 1. The molecule has 0 bridgehead atoms. The van der Waals surface area contributed by atoms with Crippen LogP contribution in [0.4, 0.5) is 5.69 Å². The summed E-state index contributed by atoms with van der Waals surface area (Å²) in [5, 5.41) is 6.22. The van der Waals surface area contributed by atoms with Crippen molar-refractivity contribution in [1.82, 2.24) is 30.1 Å². The van der Waals surface area contributed by atoms with Crippen molar-refractivity contribution in [3.05, 3.63) is 126 Å². The van der Waals surface area contributed by atoms with E-state index in [0.717, 1.165) is 63.9 Å². The molecule has 2 saturated heterocycles. The molecular weight excluding hydrogens is 679 g/mol. The summed E-state index contributed by atoms with van der Waals surface area (Å²) in [6, 6.07) is 29.8. The molecule has 54 heavy (non-hydrogen) atoms. The zero-order chi connectivity index (χ0) is 37.2. The van der Waals surface area contributed by atoms with Crippen molar-refractivity contribution < 1.29 is 18.8 Å². The van der Waals surface area contributed by atoms with Crippen molar-refractivity contribution in [2.24, 2.45) is 0 Å². The Morgan fingerprint density at radius 2 is 1.67 bits per heavy atom. The molecule has 3 amide bonds. The number of oxazole rings is 1. The molecule has 4 aromatic carbocycles. The summed E-state index contributed by atoms with van der Waals surface area (Å²) in [4.78, 5) is 57.2. The SMILES string of the molecule is CN[C@@H](C(=O)N1CCC[C@H]1C(=O)Nc1cccc(-c2ncc(-c3ccc4nc([C@@H]5CCCN5C(=O)Cc5ccccc5)[nH]c4c3)o2)c1C)c1ccccc1. The summed E-state index contributed by atoms with van der Waals surface area (Å²) < 4.78 is 6.32. The van der Waals surface area contributed by atoms with Crippen molar-refractivity contribution in [3.63, 3.8) is 0 Å². The van der Waals surface area contributed by atoms with Gasteiger partial charge < -0.3 is 29.8 Å². The zero-order valence-electron chi connectivity index (χ0n) is 30.4. The van der Waals surface area contributed by atoms with Crippen LogP contribution < -0.4 is 10.6 Å². The number of hydrogen-bond acceptors (Lipinski definition) is 7. The number of rotatable bonds is 10. The predicted molar refractivity (Wildman–Crippen MR) is 207 cm³/mol. The first kappa shape index (κ1) is 35.0. The van der Waals surface area contributed by atoms with Gasteiger partial charge in [0, 0.05) is 29.9 Å². The smallest absolute Gasteiger partial charge is 0.247 e. The molecule has 6 aromatic rings. The summed E-state index contributed by atoms with van der Waals surface area (Å²) in [6.07, 6.45) is 5.22. The van der Waals surface area contributed by atoms with E-state index in [2.05, 4.69) is 20.6 Å². The molecule has 0 spiro atoms. The molecule has 11 nitrogen and oxygen atoms in total. The zero-order valence-corrected chi connectivity index (χ0v) is 30.4. The maximum atomic E-state index is 13.7. The highest BCUT2D eigenvalue weighted by Gasteiger charge is 2.37. The summed E-state index contributed by atoms with van der Waals surface area (Å²) in [7, 11) is 1.76. The van der Waals surface area contributed by atoms with Crippen molar-refractivity contribution in [2.75, 3.05) is 25.5 Å². The molecule has 0 aliphatic carbocycles. The second-order valence-corrected chi connectivity index (χ2v) is 14.1. The highest BCUT2D eigenvalue weighted by molar-refractivity contribution is 5.99. The lowest BCUT2D eigenvalue weighted by atomic mass is 10.0. The van der Waals surface area contributed by atoms with E-state index in [4.69, 9.17) is 9.40 Å². The number of anilines is 1. The Bertz CT molecular complexity index is 2300. The predicted octanol–water partition coefficient (Wildman–Crippen LogP) is 6.99. The van der Waals surface area contributed by atoms with Crippen LogP contribution in [0.2, 0.25) is 0 Å². The number of benzene rings is 4. The Balaban J connectivity index is 0.968. The second kappa shape index (κ2) is 15.1. The van der Waals surface area contributed by atoms with E-state index in [-0.39, 0.29) is 23.8 Å². The van der Waals surface area contributed by atoms with Gasteiger partial charge in [-0.15, -0.1) is 0 Å². The van der Waals surface area contributed by atoms with Gasteiger partial charge in [0.15, 0.2) is 5.76 Å². The topological polar surface area (TPSA) is 136 Å². The molecule has 8 rings (SSSR count). The quantitative estimate of drug-likeness (QED) is 0.139. The summed E-state index contributed by atoms with van der Waals surface area (Å²) in [5.74, 6) is 1.59. The lowest BCUT2D eigenvalue weighted by Crippen LogP contribution is -2.47. The van der Waals surface area contributed by atoms with E-state index in [0.29, 0.717) is 43.3 Å². The first-order valence-corrected chi connectivity index (χ1v) is 18.6. The number of aromatic nitrogens is 3. The minimum Gasteiger partial charge on any atom is -0.436 e. The Kier molecular flexibility index (Phi) is 9.79. The number of H-pyrrole nitrogens is 1. The second-order valence-electron chi connectivity index (χ2n) is 14.1. The Labute approximate surface area is 313 Å². The number of carbonyl (C=O) groups excluding carboxylic acids is 3. The van der Waals surface area contributed by atoms with Crippen molar-refractivity contribution in [1.29, 1.82) is 0 Å². The molecule has 11 heteroatoms. The number of fused-ring (bicyclic) bond motifs is 1. The standard InChI is InChI=1S/C43H43N7O4/c1-27-31(16-9-17-32(27)48-41(52)36-19-11-23-50(36)43(53)39(44-2)29-14-7-4-8-15-29)42-45-26-37(54-42)30-20-21-33-34(25-30)47-40(46-33)35-18-10-22-49(35)38(51)24-28-12-5-3-6-13-28/h3-9,12-17,20-21,25-26,35-36,39,44H,10-11,18-19,22-24H2,1-2H3,(H,46,47)(H,48,52)/t35-,36-,39+/m0/s1. The Morgan fingerprint density at radius 1 is 0.907 bits per heavy atom. The number of nitrogens with one attached hydrogen (secondary N) is 3. The lowest BCUT2D eigenvalue weighted by molar-refractivity contribution is -0.138. The molecular formula is C43H43N7O4. The van der Waals surface area contributed by atoms with Crippen molar-refractivity contribution in [3.8, 4) is 22.8 Å². The average molecular weight is 722 g/mol. The van der Waals surface area contributed by atoms with Gasteiger partial charge in [-0.2, -0.15) is 0 Å².